The van der Waals surface area contributed by atoms with Crippen molar-refractivity contribution in [3.8, 4) is 5.75 Å². The van der Waals surface area contributed by atoms with Crippen LogP contribution < -0.4 is 4.74 Å². The third-order valence-electron chi connectivity index (χ3n) is 3.43. The molecule has 1 N–H and O–H groups in total. The minimum Gasteiger partial charge on any atom is -0.487 e. The van der Waals surface area contributed by atoms with E-state index >= 15 is 0 Å². The Labute approximate surface area is 101 Å². The Kier molecular flexibility index (Phi) is 3.67. The molecule has 2 rings (SSSR count). The molecule has 1 fully saturated rings. The zero-order chi connectivity index (χ0) is 12.4. The van der Waals surface area contributed by atoms with Gasteiger partial charge in [0.05, 0.1) is 6.10 Å². The van der Waals surface area contributed by atoms with Crippen molar-refractivity contribution in [1.82, 2.24) is 0 Å². The maximum absolute atomic E-state index is 13.0. The van der Waals surface area contributed by atoms with Crippen molar-refractivity contribution in [1.29, 1.82) is 0 Å². The molecule has 0 bridgehead atoms. The molecule has 2 nitrogen and oxygen atoms in total. The fourth-order valence-electron chi connectivity index (χ4n) is 2.35. The highest BCUT2D eigenvalue weighted by atomic mass is 19.1. The number of aliphatic hydroxyl groups is 1. The lowest BCUT2D eigenvalue weighted by Crippen LogP contribution is -2.37. The molecule has 0 aromatic heterocycles. The van der Waals surface area contributed by atoms with Gasteiger partial charge in [0.25, 0.3) is 0 Å². The summed E-state index contributed by atoms with van der Waals surface area (Å²) in [6.45, 7) is 3.98. The Bertz CT molecular complexity index is 392. The topological polar surface area (TPSA) is 29.5 Å². The van der Waals surface area contributed by atoms with Crippen LogP contribution >= 0.6 is 0 Å². The lowest BCUT2D eigenvalue weighted by atomic mass is 9.86. The molecule has 0 amide bonds. The standard InChI is InChI=1S/C14H19FO2/c1-9-3-5-12(16)14(7-9)17-13-6-4-11(15)8-10(13)2/h4,6,8-9,12,14,16H,3,5,7H2,1-2H3. The molecule has 1 aliphatic carbocycles. The van der Waals surface area contributed by atoms with Crippen molar-refractivity contribution in [3.05, 3.63) is 29.6 Å². The summed E-state index contributed by atoms with van der Waals surface area (Å²) < 4.78 is 18.8. The van der Waals surface area contributed by atoms with Crippen molar-refractivity contribution in [2.45, 2.75) is 45.3 Å². The van der Waals surface area contributed by atoms with Crippen molar-refractivity contribution in [2.24, 2.45) is 5.92 Å². The van der Waals surface area contributed by atoms with Crippen molar-refractivity contribution < 1.29 is 14.2 Å². The van der Waals surface area contributed by atoms with Crippen LogP contribution in [0.15, 0.2) is 18.2 Å². The van der Waals surface area contributed by atoms with Gasteiger partial charge in [-0.1, -0.05) is 6.92 Å². The molecule has 0 spiro atoms. The van der Waals surface area contributed by atoms with Gasteiger partial charge < -0.3 is 9.84 Å². The van der Waals surface area contributed by atoms with Crippen LogP contribution in [0.1, 0.15) is 31.7 Å². The van der Waals surface area contributed by atoms with E-state index in [-0.39, 0.29) is 11.9 Å². The second-order valence-electron chi connectivity index (χ2n) is 5.05. The van der Waals surface area contributed by atoms with Crippen LogP contribution in [0.2, 0.25) is 0 Å². The smallest absolute Gasteiger partial charge is 0.125 e. The monoisotopic (exact) mass is 238 g/mol. The maximum atomic E-state index is 13.0. The summed E-state index contributed by atoms with van der Waals surface area (Å²) in [5, 5.41) is 9.89. The van der Waals surface area contributed by atoms with Crippen molar-refractivity contribution >= 4 is 0 Å². The molecule has 1 saturated carbocycles. The molecule has 17 heavy (non-hydrogen) atoms. The molecule has 0 radical (unpaired) electrons. The highest BCUT2D eigenvalue weighted by Crippen LogP contribution is 2.29. The predicted molar refractivity (Wildman–Crippen MR) is 64.6 cm³/mol. The van der Waals surface area contributed by atoms with E-state index in [1.165, 1.54) is 12.1 Å². The Morgan fingerprint density at radius 3 is 2.82 bits per heavy atom. The molecule has 3 unspecified atom stereocenters. The summed E-state index contributed by atoms with van der Waals surface area (Å²) in [7, 11) is 0. The largest absolute Gasteiger partial charge is 0.487 e. The fraction of sp³-hybridized carbons (Fsp3) is 0.571. The summed E-state index contributed by atoms with van der Waals surface area (Å²) in [5.41, 5.74) is 0.774. The lowest BCUT2D eigenvalue weighted by Gasteiger charge is -2.32. The number of aliphatic hydroxyl groups excluding tert-OH is 1. The molecule has 0 aliphatic heterocycles. The first kappa shape index (κ1) is 12.4. The molecule has 3 atom stereocenters. The van der Waals surface area contributed by atoms with E-state index in [1.54, 1.807) is 6.07 Å². The number of aryl methyl sites for hydroxylation is 1. The van der Waals surface area contributed by atoms with Crippen LogP contribution in [0.5, 0.6) is 5.75 Å². The Balaban J connectivity index is 2.08. The molecule has 0 heterocycles. The molecular formula is C14H19FO2. The minimum atomic E-state index is -0.407. The SMILES string of the molecule is Cc1cc(F)ccc1OC1CC(C)CCC1O. The normalized spacial score (nSPS) is 29.1. The van der Waals surface area contributed by atoms with Crippen molar-refractivity contribution in [2.75, 3.05) is 0 Å². The number of benzene rings is 1. The molecule has 94 valence electrons. The van der Waals surface area contributed by atoms with E-state index in [1.807, 2.05) is 6.92 Å². The van der Waals surface area contributed by atoms with Gasteiger partial charge in [-0.2, -0.15) is 0 Å². The van der Waals surface area contributed by atoms with Gasteiger partial charge in [0.2, 0.25) is 0 Å². The summed E-state index contributed by atoms with van der Waals surface area (Å²) in [6, 6.07) is 4.48. The Morgan fingerprint density at radius 2 is 2.12 bits per heavy atom. The maximum Gasteiger partial charge on any atom is 0.125 e. The number of rotatable bonds is 2. The van der Waals surface area contributed by atoms with Crippen LogP contribution in [0.25, 0.3) is 0 Å². The number of hydrogen-bond acceptors (Lipinski definition) is 2. The van der Waals surface area contributed by atoms with Gasteiger partial charge in [0.15, 0.2) is 0 Å². The minimum absolute atomic E-state index is 0.164. The van der Waals surface area contributed by atoms with E-state index in [4.69, 9.17) is 4.74 Å². The first-order chi connectivity index (χ1) is 8.06. The van der Waals surface area contributed by atoms with E-state index in [9.17, 15) is 9.50 Å². The number of ether oxygens (including phenoxy) is 1. The summed E-state index contributed by atoms with van der Waals surface area (Å²) in [5.74, 6) is 0.987. The molecule has 0 saturated heterocycles. The summed E-state index contributed by atoms with van der Waals surface area (Å²) in [4.78, 5) is 0. The highest BCUT2D eigenvalue weighted by molar-refractivity contribution is 5.32. The number of hydrogen-bond donors (Lipinski definition) is 1. The third-order valence-corrected chi connectivity index (χ3v) is 3.43. The van der Waals surface area contributed by atoms with Crippen LogP contribution in [-0.4, -0.2) is 17.3 Å². The summed E-state index contributed by atoms with van der Waals surface area (Å²) in [6.07, 6.45) is 2.12. The molecule has 1 aromatic rings. The first-order valence-electron chi connectivity index (χ1n) is 6.17. The van der Waals surface area contributed by atoms with Crippen LogP contribution in [0, 0.1) is 18.7 Å². The molecule has 3 heteroatoms. The number of halogens is 1. The van der Waals surface area contributed by atoms with E-state index < -0.39 is 6.10 Å². The van der Waals surface area contributed by atoms with Crippen LogP contribution in [0.3, 0.4) is 0 Å². The quantitative estimate of drug-likeness (QED) is 0.858. The van der Waals surface area contributed by atoms with Gasteiger partial charge in [0.1, 0.15) is 17.7 Å². The van der Waals surface area contributed by atoms with Crippen LogP contribution in [-0.2, 0) is 0 Å². The molecular weight excluding hydrogens is 219 g/mol. The van der Waals surface area contributed by atoms with E-state index in [0.717, 1.165) is 24.8 Å². The molecule has 1 aromatic carbocycles. The fourth-order valence-corrected chi connectivity index (χ4v) is 2.35. The zero-order valence-electron chi connectivity index (χ0n) is 10.3. The summed E-state index contributed by atoms with van der Waals surface area (Å²) >= 11 is 0. The zero-order valence-corrected chi connectivity index (χ0v) is 10.3. The lowest BCUT2D eigenvalue weighted by molar-refractivity contribution is -0.00792. The Morgan fingerprint density at radius 1 is 1.35 bits per heavy atom. The average molecular weight is 238 g/mol. The highest BCUT2D eigenvalue weighted by Gasteiger charge is 2.28. The van der Waals surface area contributed by atoms with Crippen molar-refractivity contribution in [3.63, 3.8) is 0 Å². The van der Waals surface area contributed by atoms with Gasteiger partial charge in [-0.05, 0) is 55.9 Å². The van der Waals surface area contributed by atoms with Gasteiger partial charge in [-0.15, -0.1) is 0 Å². The Hall–Kier alpha value is -1.09. The third kappa shape index (κ3) is 2.97. The average Bonchev–Trinajstić information content (AvgIpc) is 2.27. The van der Waals surface area contributed by atoms with Gasteiger partial charge >= 0.3 is 0 Å². The second-order valence-corrected chi connectivity index (χ2v) is 5.05. The second kappa shape index (κ2) is 5.05. The van der Waals surface area contributed by atoms with Gasteiger partial charge in [0, 0.05) is 0 Å². The molecule has 1 aliphatic rings. The first-order valence-corrected chi connectivity index (χ1v) is 6.17. The predicted octanol–water partition coefficient (Wildman–Crippen LogP) is 3.06. The van der Waals surface area contributed by atoms with Gasteiger partial charge in [-0.3, -0.25) is 0 Å². The van der Waals surface area contributed by atoms with E-state index in [2.05, 4.69) is 6.92 Å². The van der Waals surface area contributed by atoms with Gasteiger partial charge in [-0.25, -0.2) is 4.39 Å². The van der Waals surface area contributed by atoms with Crippen LogP contribution in [0.4, 0.5) is 4.39 Å². The van der Waals surface area contributed by atoms with E-state index in [0.29, 0.717) is 11.7 Å².